The smallest absolute Gasteiger partial charge is 0.142 e. The zero-order valence-corrected chi connectivity index (χ0v) is 10.1. The number of benzene rings is 1. The Morgan fingerprint density at radius 3 is 3.12 bits per heavy atom. The molecule has 0 aromatic heterocycles. The number of nitrogens with zero attached hydrogens (tertiary/aromatic N) is 1. The van der Waals surface area contributed by atoms with E-state index in [0.29, 0.717) is 6.04 Å². The van der Waals surface area contributed by atoms with E-state index < -0.39 is 0 Å². The third-order valence-corrected chi connectivity index (χ3v) is 3.30. The number of hydrogen-bond donors (Lipinski definition) is 1. The number of rotatable bonds is 2. The molecule has 1 aromatic carbocycles. The van der Waals surface area contributed by atoms with Crippen LogP contribution in [-0.4, -0.2) is 30.6 Å². The summed E-state index contributed by atoms with van der Waals surface area (Å²) in [7, 11) is 0. The molecule has 1 saturated heterocycles. The first-order valence-corrected chi connectivity index (χ1v) is 5.93. The molecular weight excluding hydrogens is 227 g/mol. The minimum absolute atomic E-state index is 0.258. The summed E-state index contributed by atoms with van der Waals surface area (Å²) < 4.78 is 13.2. The highest BCUT2D eigenvalue weighted by atomic mass is 35.5. The van der Waals surface area contributed by atoms with E-state index in [1.807, 2.05) is 6.07 Å². The summed E-state index contributed by atoms with van der Waals surface area (Å²) in [6.45, 7) is 5.82. The molecule has 0 unspecified atom stereocenters. The number of halogens is 2. The van der Waals surface area contributed by atoms with Gasteiger partial charge < -0.3 is 5.32 Å². The van der Waals surface area contributed by atoms with Crippen molar-refractivity contribution in [1.29, 1.82) is 0 Å². The van der Waals surface area contributed by atoms with Crippen molar-refractivity contribution in [2.45, 2.75) is 19.5 Å². The Kier molecular flexibility index (Phi) is 3.79. The third kappa shape index (κ3) is 2.73. The molecule has 0 saturated carbocycles. The van der Waals surface area contributed by atoms with E-state index >= 15 is 0 Å². The molecule has 88 valence electrons. The van der Waals surface area contributed by atoms with Crippen molar-refractivity contribution in [1.82, 2.24) is 10.2 Å². The Balaban J connectivity index is 2.05. The molecule has 2 rings (SSSR count). The fraction of sp³-hybridized carbons (Fsp3) is 0.500. The number of nitrogens with one attached hydrogen (secondary N) is 1. The standard InChI is InChI=1S/C12H16ClFN2/c1-9-7-16(6-5-15-9)8-10-3-2-4-11(14)12(10)13/h2-4,9,15H,5-8H2,1H3/t9-/m0/s1. The normalized spacial score (nSPS) is 22.3. The van der Waals surface area contributed by atoms with Gasteiger partial charge in [0, 0.05) is 32.2 Å². The molecule has 1 aliphatic rings. The van der Waals surface area contributed by atoms with E-state index in [-0.39, 0.29) is 10.8 Å². The lowest BCUT2D eigenvalue weighted by Crippen LogP contribution is -2.48. The summed E-state index contributed by atoms with van der Waals surface area (Å²) in [4.78, 5) is 2.29. The molecule has 2 nitrogen and oxygen atoms in total. The average molecular weight is 243 g/mol. The van der Waals surface area contributed by atoms with Crippen molar-refractivity contribution >= 4 is 11.6 Å². The average Bonchev–Trinajstić information content (AvgIpc) is 2.25. The van der Waals surface area contributed by atoms with Crippen LogP contribution in [0.15, 0.2) is 18.2 Å². The van der Waals surface area contributed by atoms with E-state index in [4.69, 9.17) is 11.6 Å². The molecule has 16 heavy (non-hydrogen) atoms. The molecule has 1 atom stereocenters. The van der Waals surface area contributed by atoms with Crippen molar-refractivity contribution in [2.24, 2.45) is 0 Å². The second-order valence-electron chi connectivity index (χ2n) is 4.30. The van der Waals surface area contributed by atoms with Gasteiger partial charge in [-0.15, -0.1) is 0 Å². The topological polar surface area (TPSA) is 15.3 Å². The van der Waals surface area contributed by atoms with E-state index in [1.54, 1.807) is 6.07 Å². The summed E-state index contributed by atoms with van der Waals surface area (Å²) in [6, 6.07) is 5.48. The van der Waals surface area contributed by atoms with Gasteiger partial charge in [-0.05, 0) is 18.6 Å². The van der Waals surface area contributed by atoms with E-state index in [1.165, 1.54) is 6.07 Å². The van der Waals surface area contributed by atoms with Crippen LogP contribution in [0.4, 0.5) is 4.39 Å². The minimum Gasteiger partial charge on any atom is -0.312 e. The Bertz CT molecular complexity index is 370. The molecule has 1 fully saturated rings. The lowest BCUT2D eigenvalue weighted by molar-refractivity contribution is 0.199. The number of hydrogen-bond acceptors (Lipinski definition) is 2. The predicted octanol–water partition coefficient (Wildman–Crippen LogP) is 2.27. The van der Waals surface area contributed by atoms with Crippen LogP contribution in [0.1, 0.15) is 12.5 Å². The molecule has 0 bridgehead atoms. The van der Waals surface area contributed by atoms with Crippen LogP contribution in [0.25, 0.3) is 0 Å². The summed E-state index contributed by atoms with van der Waals surface area (Å²) in [5.74, 6) is -0.331. The molecule has 0 radical (unpaired) electrons. The fourth-order valence-corrected chi connectivity index (χ4v) is 2.25. The molecule has 1 aromatic rings. The number of piperazine rings is 1. The van der Waals surface area contributed by atoms with Crippen LogP contribution >= 0.6 is 11.6 Å². The minimum atomic E-state index is -0.331. The lowest BCUT2D eigenvalue weighted by atomic mass is 10.1. The molecular formula is C12H16ClFN2. The van der Waals surface area contributed by atoms with Gasteiger partial charge in [-0.25, -0.2) is 4.39 Å². The van der Waals surface area contributed by atoms with Gasteiger partial charge >= 0.3 is 0 Å². The maximum atomic E-state index is 13.2. The first-order valence-electron chi connectivity index (χ1n) is 5.55. The van der Waals surface area contributed by atoms with Crippen molar-refractivity contribution in [3.05, 3.63) is 34.6 Å². The quantitative estimate of drug-likeness (QED) is 0.856. The highest BCUT2D eigenvalue weighted by Gasteiger charge is 2.17. The van der Waals surface area contributed by atoms with Crippen LogP contribution in [0, 0.1) is 5.82 Å². The zero-order valence-electron chi connectivity index (χ0n) is 9.34. The van der Waals surface area contributed by atoms with E-state index in [9.17, 15) is 4.39 Å². The van der Waals surface area contributed by atoms with Crippen molar-refractivity contribution in [3.63, 3.8) is 0 Å². The van der Waals surface area contributed by atoms with Gasteiger partial charge in [-0.1, -0.05) is 23.7 Å². The molecule has 1 heterocycles. The van der Waals surface area contributed by atoms with E-state index in [0.717, 1.165) is 31.7 Å². The SMILES string of the molecule is C[C@H]1CN(Cc2cccc(F)c2Cl)CCN1. The zero-order chi connectivity index (χ0) is 11.5. The fourth-order valence-electron chi connectivity index (χ4n) is 2.07. The van der Waals surface area contributed by atoms with Gasteiger partial charge in [0.25, 0.3) is 0 Å². The lowest BCUT2D eigenvalue weighted by Gasteiger charge is -2.32. The molecule has 0 spiro atoms. The predicted molar refractivity (Wildman–Crippen MR) is 64.2 cm³/mol. The highest BCUT2D eigenvalue weighted by molar-refractivity contribution is 6.31. The summed E-state index contributed by atoms with van der Waals surface area (Å²) in [5, 5.41) is 3.63. The van der Waals surface area contributed by atoms with Crippen LogP contribution in [-0.2, 0) is 6.54 Å². The largest absolute Gasteiger partial charge is 0.312 e. The first kappa shape index (κ1) is 11.8. The first-order chi connectivity index (χ1) is 7.66. The van der Waals surface area contributed by atoms with Crippen LogP contribution in [0.5, 0.6) is 0 Å². The molecule has 1 N–H and O–H groups in total. The monoisotopic (exact) mass is 242 g/mol. The summed E-state index contributed by atoms with van der Waals surface area (Å²) in [5.41, 5.74) is 0.871. The van der Waals surface area contributed by atoms with Gasteiger partial charge in [0.15, 0.2) is 0 Å². The molecule has 1 aliphatic heterocycles. The Hall–Kier alpha value is -0.640. The van der Waals surface area contributed by atoms with Crippen LogP contribution in [0.3, 0.4) is 0 Å². The maximum Gasteiger partial charge on any atom is 0.142 e. The Morgan fingerprint density at radius 2 is 2.38 bits per heavy atom. The van der Waals surface area contributed by atoms with E-state index in [2.05, 4.69) is 17.1 Å². The van der Waals surface area contributed by atoms with Gasteiger partial charge in [-0.3, -0.25) is 4.90 Å². The summed E-state index contributed by atoms with van der Waals surface area (Å²) >= 11 is 5.93. The Labute approximate surface area is 100 Å². The molecule has 4 heteroatoms. The van der Waals surface area contributed by atoms with Crippen molar-refractivity contribution < 1.29 is 4.39 Å². The van der Waals surface area contributed by atoms with Gasteiger partial charge in [0.1, 0.15) is 5.82 Å². The third-order valence-electron chi connectivity index (χ3n) is 2.88. The summed E-state index contributed by atoms with van der Waals surface area (Å²) in [6.07, 6.45) is 0. The van der Waals surface area contributed by atoms with Gasteiger partial charge in [0.05, 0.1) is 5.02 Å². The maximum absolute atomic E-state index is 13.2. The van der Waals surface area contributed by atoms with Gasteiger partial charge in [0.2, 0.25) is 0 Å². The van der Waals surface area contributed by atoms with Crippen molar-refractivity contribution in [3.8, 4) is 0 Å². The van der Waals surface area contributed by atoms with Crippen molar-refractivity contribution in [2.75, 3.05) is 19.6 Å². The highest BCUT2D eigenvalue weighted by Crippen LogP contribution is 2.21. The second kappa shape index (κ2) is 5.13. The van der Waals surface area contributed by atoms with Crippen LogP contribution < -0.4 is 5.32 Å². The van der Waals surface area contributed by atoms with Gasteiger partial charge in [-0.2, -0.15) is 0 Å². The molecule has 0 amide bonds. The van der Waals surface area contributed by atoms with Crippen LogP contribution in [0.2, 0.25) is 5.02 Å². The second-order valence-corrected chi connectivity index (χ2v) is 4.68. The molecule has 0 aliphatic carbocycles. The Morgan fingerprint density at radius 1 is 1.56 bits per heavy atom.